The number of benzene rings is 2. The van der Waals surface area contributed by atoms with Crippen molar-refractivity contribution in [1.82, 2.24) is 0 Å². The Morgan fingerprint density at radius 1 is 0.379 bits per heavy atom. The summed E-state index contributed by atoms with van der Waals surface area (Å²) in [6, 6.07) is 8.86. The molecule has 0 aliphatic rings. The number of hydrogen-bond donors (Lipinski definition) is 0. The molecule has 0 amide bonds. The topological polar surface area (TPSA) is 161 Å². The molecule has 0 aliphatic heterocycles. The van der Waals surface area contributed by atoms with Gasteiger partial charge in [-0.05, 0) is 36.8 Å². The predicted octanol–water partition coefficient (Wildman–Crippen LogP) is 8.89. The van der Waals surface area contributed by atoms with Gasteiger partial charge in [0.05, 0.1) is 23.9 Å². The van der Waals surface area contributed by atoms with Crippen molar-refractivity contribution < 1.29 is 39.6 Å². The van der Waals surface area contributed by atoms with Crippen LogP contribution in [0.1, 0.15) is 223 Å². The van der Waals surface area contributed by atoms with Gasteiger partial charge in [-0.1, -0.05) is 114 Å². The molecule has 0 radical (unpaired) electrons. The Kier molecular flexibility index (Phi) is 41.7. The molecule has 0 aromatic heterocycles. The van der Waals surface area contributed by atoms with Crippen molar-refractivity contribution in [2.75, 3.05) is 0 Å². The number of carboxylic acids is 4. The molecule has 0 unspecified atom stereocenters. The Balaban J connectivity index is 0. The number of unbranched alkanes of at least 4 members (excludes halogenated alkanes) is 14. The van der Waals surface area contributed by atoms with Crippen LogP contribution in [0, 0.1) is 0 Å². The predicted molar refractivity (Wildman–Crippen MR) is 235 cm³/mol. The zero-order valence-corrected chi connectivity index (χ0v) is 42.8. The van der Waals surface area contributed by atoms with Crippen molar-refractivity contribution in [3.8, 4) is 0 Å². The summed E-state index contributed by atoms with van der Waals surface area (Å²) in [7, 11) is 0. The van der Waals surface area contributed by atoms with Gasteiger partial charge in [0.25, 0.3) is 0 Å². The number of carbonyl (C=O) groups is 4. The minimum absolute atomic E-state index is 0.149. The summed E-state index contributed by atoms with van der Waals surface area (Å²) in [5.74, 6) is -5.86. The molecule has 0 N–H and O–H groups in total. The van der Waals surface area contributed by atoms with Crippen LogP contribution >= 0.6 is 0 Å². The quantitative estimate of drug-likeness (QED) is 0.0554. The molecule has 58 heavy (non-hydrogen) atoms. The number of hydrogen-bond acceptors (Lipinski definition) is 8. The molecule has 0 fully saturated rings. The van der Waals surface area contributed by atoms with Crippen LogP contribution in [0.3, 0.4) is 0 Å². The molecule has 0 saturated heterocycles. The molecule has 2 rings (SSSR count). The molecule has 8 nitrogen and oxygen atoms in total. The van der Waals surface area contributed by atoms with E-state index in [9.17, 15) is 39.6 Å². The Morgan fingerprint density at radius 2 is 0.655 bits per heavy atom. The van der Waals surface area contributed by atoms with E-state index in [1.165, 1.54) is 102 Å². The number of carbonyl (C=O) groups excluding carboxylic acids is 4. The standard InChI is InChI=1S/2C16H22O4.4C4H9.2Sn/c2*1-2-3-4-5-6-7-9-12-10-8-11-13(15(17)18)14(12)16(19)20;4*1-3-4-2;;/h2*8,10-11H,2-7,9H2,1H3,(H,17,18)(H,19,20);4*1,3-4H2,2H3;;/q;;;;;;2*+2/p-4. The second-order valence-corrected chi connectivity index (χ2v) is 23.3. The van der Waals surface area contributed by atoms with Gasteiger partial charge in [0, 0.05) is 22.3 Å². The Morgan fingerprint density at radius 3 is 0.914 bits per heavy atom. The molecule has 0 atom stereocenters. The first-order valence-corrected chi connectivity index (χ1v) is 30.6. The van der Waals surface area contributed by atoms with Gasteiger partial charge in [0.15, 0.2) is 0 Å². The fourth-order valence-corrected chi connectivity index (χ4v) is 14.4. The molecule has 2 aromatic rings. The molecular formula is C48H76O8Sn2. The fraction of sp³-hybridized carbons (Fsp3) is 0.667. The van der Waals surface area contributed by atoms with Gasteiger partial charge in [-0.2, -0.15) is 0 Å². The van der Waals surface area contributed by atoms with Crippen LogP contribution in [0.4, 0.5) is 0 Å². The minimum atomic E-state index is -1.48. The summed E-state index contributed by atoms with van der Waals surface area (Å²) < 4.78 is 6.50. The van der Waals surface area contributed by atoms with E-state index in [2.05, 4.69) is 41.5 Å². The van der Waals surface area contributed by atoms with E-state index in [1.807, 2.05) is 0 Å². The van der Waals surface area contributed by atoms with Crippen LogP contribution in [0.25, 0.3) is 0 Å². The van der Waals surface area contributed by atoms with Crippen LogP contribution in [0.5, 0.6) is 0 Å². The van der Waals surface area contributed by atoms with Crippen molar-refractivity contribution in [2.45, 2.75) is 201 Å². The van der Waals surface area contributed by atoms with Gasteiger partial charge < -0.3 is 39.6 Å². The van der Waals surface area contributed by atoms with E-state index in [0.29, 0.717) is 24.0 Å². The van der Waals surface area contributed by atoms with Crippen LogP contribution < -0.4 is 20.4 Å². The first-order chi connectivity index (χ1) is 28.0. The number of aromatic carboxylic acids is 4. The molecule has 0 bridgehead atoms. The molecule has 0 saturated carbocycles. The van der Waals surface area contributed by atoms with Gasteiger partial charge in [0.2, 0.25) is 0 Å². The van der Waals surface area contributed by atoms with E-state index in [1.54, 1.807) is 42.0 Å². The van der Waals surface area contributed by atoms with Crippen LogP contribution in [0.15, 0.2) is 36.4 Å². The van der Waals surface area contributed by atoms with Crippen LogP contribution in [-0.2, 0) is 12.8 Å². The fourth-order valence-electron chi connectivity index (χ4n) is 6.09. The molecule has 0 spiro atoms. The van der Waals surface area contributed by atoms with Crippen molar-refractivity contribution in [2.24, 2.45) is 0 Å². The average Bonchev–Trinajstić information content (AvgIpc) is 3.20. The maximum absolute atomic E-state index is 11.1. The molecule has 324 valence electrons. The zero-order chi connectivity index (χ0) is 43.8. The first kappa shape index (κ1) is 58.0. The van der Waals surface area contributed by atoms with Crippen LogP contribution in [-0.4, -0.2) is 66.2 Å². The maximum atomic E-state index is 11.1. The summed E-state index contributed by atoms with van der Waals surface area (Å²) in [6.07, 6.45) is 25.9. The van der Waals surface area contributed by atoms with Gasteiger partial charge in [0.1, 0.15) is 0 Å². The zero-order valence-electron chi connectivity index (χ0n) is 37.1. The third kappa shape index (κ3) is 30.9. The summed E-state index contributed by atoms with van der Waals surface area (Å²) in [5, 5.41) is 44.1. The second-order valence-electron chi connectivity index (χ2n) is 14.8. The SMILES string of the molecule is CCCCCCCCc1cccc(C(=O)[O-])c1C(=O)[O-].CCCCCCCCc1cccc(C(=O)[O-])c1C(=O)[O-].CCC[CH2][Sn+2][CH2]CCC.CCC[CH2][Sn+2][CH2]CCC. The van der Waals surface area contributed by atoms with Gasteiger partial charge in [-0.3, -0.25) is 0 Å². The van der Waals surface area contributed by atoms with Crippen molar-refractivity contribution in [1.29, 1.82) is 0 Å². The summed E-state index contributed by atoms with van der Waals surface area (Å²) in [5.41, 5.74) is -0.0338. The van der Waals surface area contributed by atoms with E-state index >= 15 is 0 Å². The molecule has 10 heteroatoms. The van der Waals surface area contributed by atoms with Crippen LogP contribution in [0.2, 0.25) is 17.7 Å². The summed E-state index contributed by atoms with van der Waals surface area (Å²) >= 11 is 0.299. The molecule has 0 heterocycles. The second kappa shape index (κ2) is 41.6. The normalized spacial score (nSPS) is 10.0. The number of rotatable bonds is 30. The van der Waals surface area contributed by atoms with E-state index in [0.717, 1.165) is 38.5 Å². The van der Waals surface area contributed by atoms with E-state index in [-0.39, 0.29) is 64.5 Å². The Bertz CT molecular complexity index is 1230. The van der Waals surface area contributed by atoms with E-state index in [4.69, 9.17) is 0 Å². The summed E-state index contributed by atoms with van der Waals surface area (Å²) in [6.45, 7) is 13.5. The van der Waals surface area contributed by atoms with Gasteiger partial charge in [-0.15, -0.1) is 0 Å². The van der Waals surface area contributed by atoms with Gasteiger partial charge >= 0.3 is 139 Å². The van der Waals surface area contributed by atoms with Crippen molar-refractivity contribution in [3.05, 3.63) is 69.8 Å². The third-order valence-corrected chi connectivity index (χ3v) is 17.6. The number of carboxylic acid groups (broad SMARTS) is 4. The Labute approximate surface area is 373 Å². The molecular weight excluding hydrogens is 942 g/mol. The Hall–Kier alpha value is -2.08. The van der Waals surface area contributed by atoms with E-state index < -0.39 is 23.9 Å². The van der Waals surface area contributed by atoms with Crippen molar-refractivity contribution in [3.63, 3.8) is 0 Å². The van der Waals surface area contributed by atoms with Gasteiger partial charge in [-0.25, -0.2) is 0 Å². The average molecular weight is 1020 g/mol. The third-order valence-electron chi connectivity index (χ3n) is 9.58. The summed E-state index contributed by atoms with van der Waals surface area (Å²) in [4.78, 5) is 44.1. The number of aryl methyl sites for hydroxylation is 2. The molecule has 2 aromatic carbocycles. The van der Waals surface area contributed by atoms with Crippen molar-refractivity contribution >= 4 is 66.2 Å². The monoisotopic (exact) mass is 1020 g/mol. The first-order valence-electron chi connectivity index (χ1n) is 22.5. The molecule has 0 aliphatic carbocycles.